The number of ether oxygens (including phenoxy) is 1. The zero-order valence-electron chi connectivity index (χ0n) is 13.5. The second-order valence-electron chi connectivity index (χ2n) is 5.74. The minimum Gasteiger partial charge on any atom is -0.494 e. The summed E-state index contributed by atoms with van der Waals surface area (Å²) < 4.78 is 5.70. The van der Waals surface area contributed by atoms with Crippen LogP contribution < -0.4 is 10.5 Å². The molecule has 0 aromatic heterocycles. The Morgan fingerprint density at radius 1 is 1.14 bits per heavy atom. The van der Waals surface area contributed by atoms with E-state index in [4.69, 9.17) is 10.5 Å². The summed E-state index contributed by atoms with van der Waals surface area (Å²) in [6, 6.07) is 7.92. The van der Waals surface area contributed by atoms with Crippen LogP contribution in [0.15, 0.2) is 36.4 Å². The van der Waals surface area contributed by atoms with Gasteiger partial charge in [-0.25, -0.2) is 0 Å². The molecule has 0 aliphatic heterocycles. The van der Waals surface area contributed by atoms with E-state index in [1.165, 1.54) is 0 Å². The predicted molar refractivity (Wildman–Crippen MR) is 90.0 cm³/mol. The largest absolute Gasteiger partial charge is 0.494 e. The van der Waals surface area contributed by atoms with E-state index in [1.54, 1.807) is 0 Å². The third-order valence-corrected chi connectivity index (χ3v) is 3.73. The number of hydrogen-bond acceptors (Lipinski definition) is 4. The van der Waals surface area contributed by atoms with E-state index in [0.29, 0.717) is 6.42 Å². The van der Waals surface area contributed by atoms with Gasteiger partial charge in [-0.15, -0.1) is 0 Å². The van der Waals surface area contributed by atoms with Crippen LogP contribution in [0.4, 0.5) is 0 Å². The summed E-state index contributed by atoms with van der Waals surface area (Å²) in [4.78, 5) is 0. The Kier molecular flexibility index (Phi) is 8.82. The molecule has 0 aliphatic rings. The van der Waals surface area contributed by atoms with E-state index in [9.17, 15) is 10.2 Å². The maximum absolute atomic E-state index is 9.17. The van der Waals surface area contributed by atoms with Crippen LogP contribution >= 0.6 is 0 Å². The third kappa shape index (κ3) is 7.07. The molecule has 124 valence electrons. The smallest absolute Gasteiger partial charge is 0.119 e. The zero-order valence-corrected chi connectivity index (χ0v) is 13.5. The Hall–Kier alpha value is -1.36. The molecule has 0 atom stereocenters. The number of hydrogen-bond donors (Lipinski definition) is 3. The molecular weight excluding hydrogens is 278 g/mol. The number of benzene rings is 1. The van der Waals surface area contributed by atoms with Gasteiger partial charge >= 0.3 is 0 Å². The van der Waals surface area contributed by atoms with E-state index in [0.717, 1.165) is 43.6 Å². The molecular formula is C18H29NO3. The molecule has 1 rings (SSSR count). The van der Waals surface area contributed by atoms with Crippen molar-refractivity contribution in [2.45, 2.75) is 44.6 Å². The normalized spacial score (nSPS) is 12.0. The van der Waals surface area contributed by atoms with Gasteiger partial charge in [0.15, 0.2) is 0 Å². The maximum Gasteiger partial charge on any atom is 0.119 e. The number of unbranched alkanes of at least 4 members (excludes halogenated alkanes) is 2. The minimum atomic E-state index is -0.901. The first kappa shape index (κ1) is 18.7. The summed E-state index contributed by atoms with van der Waals surface area (Å²) in [7, 11) is 0. The number of aryl methyl sites for hydroxylation is 1. The Morgan fingerprint density at radius 3 is 2.41 bits per heavy atom. The lowest BCUT2D eigenvalue weighted by molar-refractivity contribution is 0.115. The molecule has 4 nitrogen and oxygen atoms in total. The first-order chi connectivity index (χ1) is 10.6. The van der Waals surface area contributed by atoms with Crippen LogP contribution in [0, 0.1) is 0 Å². The number of aliphatic hydroxyl groups is 2. The van der Waals surface area contributed by atoms with Crippen molar-refractivity contribution in [2.24, 2.45) is 5.73 Å². The van der Waals surface area contributed by atoms with Gasteiger partial charge in [0.1, 0.15) is 5.75 Å². The molecule has 0 fully saturated rings. The number of aliphatic hydroxyl groups excluding tert-OH is 2. The Morgan fingerprint density at radius 2 is 1.82 bits per heavy atom. The van der Waals surface area contributed by atoms with E-state index >= 15 is 0 Å². The summed E-state index contributed by atoms with van der Waals surface area (Å²) in [6.45, 7) is 2.35. The molecule has 0 heterocycles. The predicted octanol–water partition coefficient (Wildman–Crippen LogP) is 2.43. The molecule has 0 spiro atoms. The maximum atomic E-state index is 9.17. The molecule has 0 saturated heterocycles. The van der Waals surface area contributed by atoms with Crippen LogP contribution in [-0.4, -0.2) is 35.6 Å². The first-order valence-corrected chi connectivity index (χ1v) is 7.97. The Labute approximate surface area is 133 Å². The second-order valence-corrected chi connectivity index (χ2v) is 5.74. The van der Waals surface area contributed by atoms with Crippen LogP contribution in [0.25, 0.3) is 0 Å². The van der Waals surface area contributed by atoms with E-state index in [2.05, 4.69) is 12.2 Å². The van der Waals surface area contributed by atoms with Crippen LogP contribution in [0.1, 0.15) is 38.2 Å². The topological polar surface area (TPSA) is 75.7 Å². The molecule has 0 bridgehead atoms. The van der Waals surface area contributed by atoms with Gasteiger partial charge in [-0.05, 0) is 56.7 Å². The summed E-state index contributed by atoms with van der Waals surface area (Å²) in [5, 5.41) is 18.3. The van der Waals surface area contributed by atoms with Gasteiger partial charge in [0.25, 0.3) is 0 Å². The fourth-order valence-electron chi connectivity index (χ4n) is 2.07. The monoisotopic (exact) mass is 307 g/mol. The Balaban J connectivity index is 2.31. The first-order valence-electron chi connectivity index (χ1n) is 7.97. The van der Waals surface area contributed by atoms with Gasteiger partial charge in [-0.2, -0.15) is 0 Å². The highest BCUT2D eigenvalue weighted by Gasteiger charge is 2.22. The van der Waals surface area contributed by atoms with Gasteiger partial charge in [0.2, 0.25) is 0 Å². The van der Waals surface area contributed by atoms with Crippen molar-refractivity contribution < 1.29 is 14.9 Å². The average Bonchev–Trinajstić information content (AvgIpc) is 2.57. The molecule has 0 radical (unpaired) electrons. The highest BCUT2D eigenvalue weighted by atomic mass is 16.5. The van der Waals surface area contributed by atoms with Gasteiger partial charge in [-0.1, -0.05) is 24.3 Å². The van der Waals surface area contributed by atoms with Gasteiger partial charge in [0, 0.05) is 0 Å². The van der Waals surface area contributed by atoms with Crippen molar-refractivity contribution in [1.29, 1.82) is 0 Å². The van der Waals surface area contributed by atoms with E-state index in [1.807, 2.05) is 31.2 Å². The molecule has 4 heteroatoms. The quantitative estimate of drug-likeness (QED) is 0.433. The third-order valence-electron chi connectivity index (χ3n) is 3.73. The number of nitrogens with two attached hydrogens (primary N) is 1. The Bertz CT molecular complexity index is 424. The second kappa shape index (κ2) is 10.4. The highest BCUT2D eigenvalue weighted by molar-refractivity contribution is 5.27. The van der Waals surface area contributed by atoms with Crippen LogP contribution in [0.2, 0.25) is 0 Å². The zero-order chi connectivity index (χ0) is 16.3. The van der Waals surface area contributed by atoms with Crippen molar-refractivity contribution in [2.75, 3.05) is 19.8 Å². The molecule has 0 amide bonds. The van der Waals surface area contributed by atoms with Crippen LogP contribution in [-0.2, 0) is 6.42 Å². The van der Waals surface area contributed by atoms with E-state index < -0.39 is 5.54 Å². The average molecular weight is 307 g/mol. The minimum absolute atomic E-state index is 0.210. The van der Waals surface area contributed by atoms with Gasteiger partial charge in [-0.3, -0.25) is 0 Å². The SMILES string of the molecule is C/C=C/CCCCOc1ccc(CCC(N)(CO)CO)cc1. The van der Waals surface area contributed by atoms with Crippen molar-refractivity contribution >= 4 is 0 Å². The van der Waals surface area contributed by atoms with Crippen LogP contribution in [0.5, 0.6) is 5.75 Å². The lowest BCUT2D eigenvalue weighted by atomic mass is 9.94. The lowest BCUT2D eigenvalue weighted by Crippen LogP contribution is -2.47. The van der Waals surface area contributed by atoms with Gasteiger partial charge in [0.05, 0.1) is 25.4 Å². The molecule has 0 saturated carbocycles. The summed E-state index contributed by atoms with van der Waals surface area (Å²) >= 11 is 0. The van der Waals surface area contributed by atoms with Crippen molar-refractivity contribution in [3.63, 3.8) is 0 Å². The van der Waals surface area contributed by atoms with Crippen molar-refractivity contribution in [1.82, 2.24) is 0 Å². The molecule has 1 aromatic rings. The summed E-state index contributed by atoms with van der Waals surface area (Å²) in [5.41, 5.74) is 6.08. The number of rotatable bonds is 11. The molecule has 0 unspecified atom stereocenters. The van der Waals surface area contributed by atoms with E-state index in [-0.39, 0.29) is 13.2 Å². The lowest BCUT2D eigenvalue weighted by Gasteiger charge is -2.24. The number of allylic oxidation sites excluding steroid dienone is 2. The van der Waals surface area contributed by atoms with Crippen molar-refractivity contribution in [3.05, 3.63) is 42.0 Å². The van der Waals surface area contributed by atoms with Gasteiger partial charge < -0.3 is 20.7 Å². The van der Waals surface area contributed by atoms with Crippen molar-refractivity contribution in [3.8, 4) is 5.75 Å². The standard InChI is InChI=1S/C18H29NO3/c1-2-3-4-5-6-13-22-17-9-7-16(8-10-17)11-12-18(19,14-20)15-21/h2-3,7-10,20-21H,4-6,11-15,19H2,1H3/b3-2+. The highest BCUT2D eigenvalue weighted by Crippen LogP contribution is 2.16. The fourth-order valence-corrected chi connectivity index (χ4v) is 2.07. The molecule has 22 heavy (non-hydrogen) atoms. The van der Waals surface area contributed by atoms with Crippen LogP contribution in [0.3, 0.4) is 0 Å². The summed E-state index contributed by atoms with van der Waals surface area (Å²) in [5.74, 6) is 0.873. The fraction of sp³-hybridized carbons (Fsp3) is 0.556. The molecule has 1 aromatic carbocycles. The summed E-state index contributed by atoms with van der Waals surface area (Å²) in [6.07, 6.45) is 8.81. The molecule has 4 N–H and O–H groups in total. The molecule has 0 aliphatic carbocycles.